The molecule has 0 N–H and O–H groups in total. The van der Waals surface area contributed by atoms with Crippen molar-refractivity contribution in [2.75, 3.05) is 7.11 Å². The van der Waals surface area contributed by atoms with Crippen molar-refractivity contribution in [3.8, 4) is 5.75 Å². The van der Waals surface area contributed by atoms with Gasteiger partial charge in [0.1, 0.15) is 5.75 Å². The summed E-state index contributed by atoms with van der Waals surface area (Å²) in [5.74, 6) is -0.559. The first-order valence-corrected chi connectivity index (χ1v) is 8.55. The van der Waals surface area contributed by atoms with Crippen molar-refractivity contribution in [2.24, 2.45) is 5.16 Å². The summed E-state index contributed by atoms with van der Waals surface area (Å²) >= 11 is 5.78. The van der Waals surface area contributed by atoms with Crippen LogP contribution in [0, 0.1) is 10.1 Å². The summed E-state index contributed by atoms with van der Waals surface area (Å²) in [5, 5.41) is 18.7. The molecule has 0 fully saturated rings. The van der Waals surface area contributed by atoms with E-state index in [9.17, 15) is 14.9 Å². The second-order valence-corrected chi connectivity index (χ2v) is 6.13. The molecule has 11 heteroatoms. The maximum absolute atomic E-state index is 11.9. The third-order valence-corrected chi connectivity index (χ3v) is 3.99. The number of hydrogen-bond donors (Lipinski definition) is 0. The number of carbonyl (C=O) groups excluding carboxylic acids is 1. The molecule has 0 unspecified atom stereocenters. The standard InChI is InChI=1S/C18H14ClN5O5/c1-28-16-7-2-12(8-14(16)10-23-11-20-18(22-23)24(26)27)9-21-29-17(25)13-3-5-15(19)6-4-13/h2-9,11H,10H2,1H3. The highest BCUT2D eigenvalue weighted by molar-refractivity contribution is 6.30. The van der Waals surface area contributed by atoms with Crippen molar-refractivity contribution in [2.45, 2.75) is 6.54 Å². The van der Waals surface area contributed by atoms with Crippen LogP contribution >= 0.6 is 11.6 Å². The first kappa shape index (κ1) is 20.0. The van der Waals surface area contributed by atoms with Crippen molar-refractivity contribution < 1.29 is 19.3 Å². The fourth-order valence-corrected chi connectivity index (χ4v) is 2.52. The van der Waals surface area contributed by atoms with Gasteiger partial charge in [-0.3, -0.25) is 0 Å². The van der Waals surface area contributed by atoms with Crippen molar-refractivity contribution in [1.82, 2.24) is 14.8 Å². The van der Waals surface area contributed by atoms with E-state index in [-0.39, 0.29) is 6.54 Å². The highest BCUT2D eigenvalue weighted by atomic mass is 35.5. The highest BCUT2D eigenvalue weighted by Crippen LogP contribution is 2.20. The summed E-state index contributed by atoms with van der Waals surface area (Å²) < 4.78 is 6.62. The van der Waals surface area contributed by atoms with Gasteiger partial charge < -0.3 is 19.7 Å². The lowest BCUT2D eigenvalue weighted by atomic mass is 10.1. The van der Waals surface area contributed by atoms with E-state index in [1.807, 2.05) is 0 Å². The molecular formula is C18H14ClN5O5. The predicted octanol–water partition coefficient (Wildman–Crippen LogP) is 3.09. The molecule has 2 aromatic carbocycles. The van der Waals surface area contributed by atoms with Gasteiger partial charge in [0.05, 0.1) is 25.4 Å². The number of halogens is 1. The smallest absolute Gasteiger partial charge is 0.490 e. The number of oxime groups is 1. The van der Waals surface area contributed by atoms with E-state index in [0.29, 0.717) is 27.5 Å². The zero-order valence-corrected chi connectivity index (χ0v) is 15.8. The zero-order chi connectivity index (χ0) is 20.8. The van der Waals surface area contributed by atoms with Crippen LogP contribution in [0.25, 0.3) is 0 Å². The number of carbonyl (C=O) groups is 1. The van der Waals surface area contributed by atoms with Gasteiger partial charge in [0.25, 0.3) is 0 Å². The fraction of sp³-hybridized carbons (Fsp3) is 0.111. The number of nitro groups is 1. The van der Waals surface area contributed by atoms with Crippen LogP contribution in [0.2, 0.25) is 5.02 Å². The van der Waals surface area contributed by atoms with Crippen LogP contribution < -0.4 is 4.74 Å². The highest BCUT2D eigenvalue weighted by Gasteiger charge is 2.15. The Morgan fingerprint density at radius 1 is 1.31 bits per heavy atom. The lowest BCUT2D eigenvalue weighted by Gasteiger charge is -2.08. The minimum atomic E-state index is -0.675. The van der Waals surface area contributed by atoms with Crippen LogP contribution in [0.4, 0.5) is 5.95 Å². The summed E-state index contributed by atoms with van der Waals surface area (Å²) in [6.07, 6.45) is 2.62. The van der Waals surface area contributed by atoms with E-state index in [4.69, 9.17) is 21.2 Å². The second kappa shape index (κ2) is 8.93. The quantitative estimate of drug-likeness (QED) is 0.251. The van der Waals surface area contributed by atoms with Crippen LogP contribution in [-0.2, 0) is 11.4 Å². The number of rotatable bonds is 7. The first-order chi connectivity index (χ1) is 14.0. The van der Waals surface area contributed by atoms with Crippen LogP contribution in [0.5, 0.6) is 5.75 Å². The molecule has 0 radical (unpaired) electrons. The lowest BCUT2D eigenvalue weighted by molar-refractivity contribution is -0.394. The second-order valence-electron chi connectivity index (χ2n) is 5.69. The third-order valence-electron chi connectivity index (χ3n) is 3.74. The molecule has 0 amide bonds. The minimum absolute atomic E-state index is 0.191. The molecule has 1 heterocycles. The molecule has 3 aromatic rings. The molecule has 0 atom stereocenters. The van der Waals surface area contributed by atoms with Gasteiger partial charge in [-0.05, 0) is 53.0 Å². The van der Waals surface area contributed by atoms with Crippen LogP contribution in [0.3, 0.4) is 0 Å². The Morgan fingerprint density at radius 3 is 2.72 bits per heavy atom. The summed E-state index contributed by atoms with van der Waals surface area (Å²) in [6, 6.07) is 11.4. The Bertz CT molecular complexity index is 1060. The summed E-state index contributed by atoms with van der Waals surface area (Å²) in [6.45, 7) is 0.191. The molecule has 1 aromatic heterocycles. The molecule has 0 aliphatic carbocycles. The van der Waals surface area contributed by atoms with E-state index in [2.05, 4.69) is 15.2 Å². The number of methoxy groups -OCH3 is 1. The van der Waals surface area contributed by atoms with Gasteiger partial charge in [0.2, 0.25) is 6.33 Å². The normalized spacial score (nSPS) is 10.8. The van der Waals surface area contributed by atoms with Crippen LogP contribution in [-0.4, -0.2) is 39.0 Å². The number of nitrogens with zero attached hydrogens (tertiary/aromatic N) is 5. The Balaban J connectivity index is 1.71. The average Bonchev–Trinajstić information content (AvgIpc) is 3.17. The fourth-order valence-electron chi connectivity index (χ4n) is 2.40. The zero-order valence-electron chi connectivity index (χ0n) is 15.1. The molecule has 0 aliphatic rings. The van der Waals surface area contributed by atoms with E-state index in [1.54, 1.807) is 30.3 Å². The maximum atomic E-state index is 11.9. The molecule has 0 saturated carbocycles. The van der Waals surface area contributed by atoms with Gasteiger partial charge in [0, 0.05) is 15.7 Å². The van der Waals surface area contributed by atoms with Crippen LogP contribution in [0.15, 0.2) is 53.9 Å². The molecule has 0 saturated heterocycles. The number of aromatic nitrogens is 3. The topological polar surface area (TPSA) is 122 Å². The molecule has 0 bridgehead atoms. The summed E-state index contributed by atoms with van der Waals surface area (Å²) in [7, 11) is 1.50. The molecule has 29 heavy (non-hydrogen) atoms. The maximum Gasteiger partial charge on any atom is 0.490 e. The van der Waals surface area contributed by atoms with E-state index in [0.717, 1.165) is 0 Å². The first-order valence-electron chi connectivity index (χ1n) is 8.17. The van der Waals surface area contributed by atoms with Gasteiger partial charge in [-0.1, -0.05) is 21.7 Å². The minimum Gasteiger partial charge on any atom is -0.496 e. The Labute approximate surface area is 169 Å². The number of benzene rings is 2. The third kappa shape index (κ3) is 5.14. The van der Waals surface area contributed by atoms with Crippen molar-refractivity contribution in [3.63, 3.8) is 0 Å². The van der Waals surface area contributed by atoms with Crippen molar-refractivity contribution in [1.29, 1.82) is 0 Å². The Hall–Kier alpha value is -3.79. The van der Waals surface area contributed by atoms with Gasteiger partial charge in [0.15, 0.2) is 0 Å². The van der Waals surface area contributed by atoms with Gasteiger partial charge >= 0.3 is 11.9 Å². The van der Waals surface area contributed by atoms with Gasteiger partial charge in [-0.15, -0.1) is 0 Å². The molecule has 10 nitrogen and oxygen atoms in total. The predicted molar refractivity (Wildman–Crippen MR) is 103 cm³/mol. The number of hydrogen-bond acceptors (Lipinski definition) is 8. The molecule has 0 aliphatic heterocycles. The molecule has 0 spiro atoms. The van der Waals surface area contributed by atoms with Crippen molar-refractivity contribution in [3.05, 3.63) is 80.6 Å². The van der Waals surface area contributed by atoms with Gasteiger partial charge in [-0.2, -0.15) is 4.68 Å². The van der Waals surface area contributed by atoms with Crippen LogP contribution in [0.1, 0.15) is 21.5 Å². The number of ether oxygens (including phenoxy) is 1. The summed E-state index contributed by atoms with van der Waals surface area (Å²) in [4.78, 5) is 30.5. The largest absolute Gasteiger partial charge is 0.496 e. The van der Waals surface area contributed by atoms with E-state index in [1.165, 1.54) is 36.5 Å². The average molecular weight is 416 g/mol. The molecular weight excluding hydrogens is 402 g/mol. The lowest BCUT2D eigenvalue weighted by Crippen LogP contribution is -2.04. The molecule has 3 rings (SSSR count). The Kier molecular flexibility index (Phi) is 6.15. The van der Waals surface area contributed by atoms with E-state index >= 15 is 0 Å². The van der Waals surface area contributed by atoms with E-state index < -0.39 is 16.8 Å². The summed E-state index contributed by atoms with van der Waals surface area (Å²) in [5.41, 5.74) is 1.62. The SMILES string of the molecule is COc1ccc(C=NOC(=O)c2ccc(Cl)cc2)cc1Cn1cnc([N+](=O)[O-])n1. The monoisotopic (exact) mass is 415 g/mol. The molecule has 148 valence electrons. The van der Waals surface area contributed by atoms with Crippen molar-refractivity contribution >= 4 is 29.7 Å². The van der Waals surface area contributed by atoms with Gasteiger partial charge in [-0.25, -0.2) is 4.79 Å². The Morgan fingerprint density at radius 2 is 2.07 bits per heavy atom.